The van der Waals surface area contributed by atoms with E-state index in [0.29, 0.717) is 36.0 Å². The van der Waals surface area contributed by atoms with Crippen molar-refractivity contribution in [3.05, 3.63) is 41.3 Å². The number of cyclic esters (lactones) is 1. The maximum atomic E-state index is 12.2. The van der Waals surface area contributed by atoms with E-state index >= 15 is 0 Å². The molecule has 2 amide bonds. The average molecular weight is 315 g/mol. The second-order valence-electron chi connectivity index (χ2n) is 5.34. The van der Waals surface area contributed by atoms with E-state index in [2.05, 4.69) is 10.5 Å². The van der Waals surface area contributed by atoms with Crippen molar-refractivity contribution >= 4 is 23.4 Å². The van der Waals surface area contributed by atoms with Gasteiger partial charge in [0.25, 0.3) is 0 Å². The van der Waals surface area contributed by atoms with Crippen molar-refractivity contribution in [3.8, 4) is 0 Å². The molecule has 1 N–H and O–H groups in total. The van der Waals surface area contributed by atoms with Crippen molar-refractivity contribution in [1.82, 2.24) is 5.16 Å². The van der Waals surface area contributed by atoms with Crippen LogP contribution in [0.15, 0.2) is 28.8 Å². The largest absolute Gasteiger partial charge is 0.447 e. The molecule has 120 valence electrons. The van der Waals surface area contributed by atoms with Gasteiger partial charge in [-0.05, 0) is 32.0 Å². The highest BCUT2D eigenvalue weighted by Crippen LogP contribution is 2.23. The lowest BCUT2D eigenvalue weighted by molar-refractivity contribution is -0.115. The normalized spacial score (nSPS) is 14.0. The number of hydrogen-bond donors (Lipinski definition) is 1. The standard InChI is InChI=1S/C16H17N3O4/c1-10-14(11(2)23-18-10)9-15(20)17-12-4-3-5-13(8-12)19-6-7-22-16(19)21/h3-5,8H,6-7,9H2,1-2H3,(H,17,20). The number of nitrogens with zero attached hydrogens (tertiary/aromatic N) is 2. The van der Waals surface area contributed by atoms with Gasteiger partial charge in [-0.2, -0.15) is 0 Å². The van der Waals surface area contributed by atoms with Crippen LogP contribution in [0.5, 0.6) is 0 Å². The smallest absolute Gasteiger partial charge is 0.414 e. The van der Waals surface area contributed by atoms with E-state index in [0.717, 1.165) is 5.56 Å². The minimum absolute atomic E-state index is 0.166. The van der Waals surface area contributed by atoms with Crippen molar-refractivity contribution in [3.63, 3.8) is 0 Å². The number of nitrogens with one attached hydrogen (secondary N) is 1. The molecule has 7 nitrogen and oxygen atoms in total. The fraction of sp³-hybridized carbons (Fsp3) is 0.312. The second-order valence-corrected chi connectivity index (χ2v) is 5.34. The molecular formula is C16H17N3O4. The Morgan fingerprint density at radius 2 is 2.22 bits per heavy atom. The zero-order valence-electron chi connectivity index (χ0n) is 13.0. The van der Waals surface area contributed by atoms with Crippen molar-refractivity contribution in [2.45, 2.75) is 20.3 Å². The Bertz CT molecular complexity index is 734. The van der Waals surface area contributed by atoms with Gasteiger partial charge in [0.05, 0.1) is 18.7 Å². The Morgan fingerprint density at radius 3 is 2.87 bits per heavy atom. The molecule has 0 atom stereocenters. The van der Waals surface area contributed by atoms with Crippen LogP contribution in [0.3, 0.4) is 0 Å². The lowest BCUT2D eigenvalue weighted by Crippen LogP contribution is -2.23. The second kappa shape index (κ2) is 6.12. The third kappa shape index (κ3) is 3.18. The molecule has 0 bridgehead atoms. The quantitative estimate of drug-likeness (QED) is 0.936. The summed E-state index contributed by atoms with van der Waals surface area (Å²) in [6, 6.07) is 7.11. The molecule has 0 aliphatic carbocycles. The number of aromatic nitrogens is 1. The van der Waals surface area contributed by atoms with Gasteiger partial charge < -0.3 is 14.6 Å². The van der Waals surface area contributed by atoms with Crippen LogP contribution in [0.2, 0.25) is 0 Å². The summed E-state index contributed by atoms with van der Waals surface area (Å²) in [5, 5.41) is 6.66. The Morgan fingerprint density at radius 1 is 1.39 bits per heavy atom. The maximum absolute atomic E-state index is 12.2. The first-order valence-corrected chi connectivity index (χ1v) is 7.30. The Labute approximate surface area is 133 Å². The SMILES string of the molecule is Cc1noc(C)c1CC(=O)Nc1cccc(N2CCOC2=O)c1. The zero-order valence-corrected chi connectivity index (χ0v) is 13.0. The Hall–Kier alpha value is -2.83. The van der Waals surface area contributed by atoms with E-state index in [1.807, 2.05) is 0 Å². The van der Waals surface area contributed by atoms with Crippen LogP contribution < -0.4 is 10.2 Å². The van der Waals surface area contributed by atoms with Crippen LogP contribution in [0.1, 0.15) is 17.0 Å². The molecule has 1 aliphatic rings. The first kappa shape index (κ1) is 15.1. The van der Waals surface area contributed by atoms with Crippen molar-refractivity contribution in [2.24, 2.45) is 0 Å². The predicted molar refractivity (Wildman–Crippen MR) is 83.4 cm³/mol. The topological polar surface area (TPSA) is 84.7 Å². The molecular weight excluding hydrogens is 298 g/mol. The summed E-state index contributed by atoms with van der Waals surface area (Å²) in [5.41, 5.74) is 2.83. The van der Waals surface area contributed by atoms with Crippen molar-refractivity contribution < 1.29 is 18.8 Å². The number of hydrogen-bond acceptors (Lipinski definition) is 5. The monoisotopic (exact) mass is 315 g/mol. The van der Waals surface area contributed by atoms with Crippen LogP contribution in [-0.2, 0) is 16.0 Å². The molecule has 23 heavy (non-hydrogen) atoms. The predicted octanol–water partition coefficient (Wildman–Crippen LogP) is 2.43. The van der Waals surface area contributed by atoms with Crippen molar-refractivity contribution in [2.75, 3.05) is 23.4 Å². The van der Waals surface area contributed by atoms with Gasteiger partial charge in [-0.15, -0.1) is 0 Å². The third-order valence-corrected chi connectivity index (χ3v) is 3.72. The van der Waals surface area contributed by atoms with Crippen LogP contribution in [0.25, 0.3) is 0 Å². The van der Waals surface area contributed by atoms with Gasteiger partial charge in [-0.1, -0.05) is 11.2 Å². The van der Waals surface area contributed by atoms with E-state index < -0.39 is 0 Å². The number of anilines is 2. The molecule has 1 saturated heterocycles. The molecule has 1 fully saturated rings. The van der Waals surface area contributed by atoms with Gasteiger partial charge in [-0.3, -0.25) is 9.69 Å². The van der Waals surface area contributed by atoms with Crippen LogP contribution >= 0.6 is 0 Å². The van der Waals surface area contributed by atoms with E-state index in [1.54, 1.807) is 38.1 Å². The van der Waals surface area contributed by atoms with Gasteiger partial charge >= 0.3 is 6.09 Å². The summed E-state index contributed by atoms with van der Waals surface area (Å²) in [5.74, 6) is 0.478. The number of ether oxygens (including phenoxy) is 1. The highest BCUT2D eigenvalue weighted by molar-refractivity contribution is 5.94. The molecule has 7 heteroatoms. The molecule has 0 spiro atoms. The lowest BCUT2D eigenvalue weighted by Gasteiger charge is -2.14. The molecule has 3 rings (SSSR count). The zero-order chi connectivity index (χ0) is 16.4. The summed E-state index contributed by atoms with van der Waals surface area (Å²) < 4.78 is 9.98. The number of rotatable bonds is 4. The molecule has 1 aromatic carbocycles. The summed E-state index contributed by atoms with van der Waals surface area (Å²) in [6.45, 7) is 4.47. The molecule has 0 unspecified atom stereocenters. The van der Waals surface area contributed by atoms with Gasteiger partial charge in [0.2, 0.25) is 5.91 Å². The Kier molecular flexibility index (Phi) is 4.01. The first-order chi connectivity index (χ1) is 11.0. The maximum Gasteiger partial charge on any atom is 0.414 e. The molecule has 2 aromatic rings. The molecule has 0 radical (unpaired) electrons. The minimum atomic E-state index is -0.371. The van der Waals surface area contributed by atoms with Gasteiger partial charge in [0.1, 0.15) is 12.4 Å². The fourth-order valence-electron chi connectivity index (χ4n) is 2.50. The van der Waals surface area contributed by atoms with Gasteiger partial charge in [-0.25, -0.2) is 4.79 Å². The van der Waals surface area contributed by atoms with E-state index in [4.69, 9.17) is 9.26 Å². The molecule has 1 aromatic heterocycles. The first-order valence-electron chi connectivity index (χ1n) is 7.30. The highest BCUT2D eigenvalue weighted by atomic mass is 16.6. The van der Waals surface area contributed by atoms with E-state index in [-0.39, 0.29) is 18.4 Å². The third-order valence-electron chi connectivity index (χ3n) is 3.72. The summed E-state index contributed by atoms with van der Waals surface area (Å²) in [7, 11) is 0. The van der Waals surface area contributed by atoms with Crippen molar-refractivity contribution in [1.29, 1.82) is 0 Å². The van der Waals surface area contributed by atoms with Crippen LogP contribution in [-0.4, -0.2) is 30.3 Å². The molecule has 1 aliphatic heterocycles. The van der Waals surface area contributed by atoms with Crippen LogP contribution in [0.4, 0.5) is 16.2 Å². The van der Waals surface area contributed by atoms with E-state index in [1.165, 1.54) is 4.90 Å². The molecule has 2 heterocycles. The number of carbonyl (C=O) groups is 2. The molecule has 0 saturated carbocycles. The van der Waals surface area contributed by atoms with Gasteiger partial charge in [0.15, 0.2) is 0 Å². The summed E-state index contributed by atoms with van der Waals surface area (Å²) >= 11 is 0. The number of carbonyl (C=O) groups excluding carboxylic acids is 2. The van der Waals surface area contributed by atoms with Crippen LogP contribution in [0, 0.1) is 13.8 Å². The minimum Gasteiger partial charge on any atom is -0.447 e. The lowest BCUT2D eigenvalue weighted by atomic mass is 10.1. The fourth-order valence-corrected chi connectivity index (χ4v) is 2.50. The highest BCUT2D eigenvalue weighted by Gasteiger charge is 2.23. The number of benzene rings is 1. The number of amides is 2. The number of aryl methyl sites for hydroxylation is 2. The van der Waals surface area contributed by atoms with Gasteiger partial charge in [0, 0.05) is 16.9 Å². The van der Waals surface area contributed by atoms with E-state index in [9.17, 15) is 9.59 Å². The average Bonchev–Trinajstić information content (AvgIpc) is 3.08. The summed E-state index contributed by atoms with van der Waals surface area (Å²) in [6.07, 6.45) is -0.179. The Balaban J connectivity index is 1.70. The summed E-state index contributed by atoms with van der Waals surface area (Å²) in [4.78, 5) is 25.3.